The van der Waals surface area contributed by atoms with Gasteiger partial charge in [0, 0.05) is 17.3 Å². The van der Waals surface area contributed by atoms with Gasteiger partial charge < -0.3 is 9.73 Å². The minimum absolute atomic E-state index is 0.0274. The average Bonchev–Trinajstić information content (AvgIpc) is 3.48. The number of carbonyl (C=O) groups is 1. The minimum atomic E-state index is -0.491. The summed E-state index contributed by atoms with van der Waals surface area (Å²) in [7, 11) is 0. The van der Waals surface area contributed by atoms with Gasteiger partial charge in [0.2, 0.25) is 0 Å². The lowest BCUT2D eigenvalue weighted by molar-refractivity contribution is -0.384. The van der Waals surface area contributed by atoms with Crippen LogP contribution in [0, 0.1) is 10.1 Å². The Hall–Kier alpha value is -4.01. The number of aromatic nitrogens is 1. The zero-order chi connectivity index (χ0) is 22.9. The monoisotopic (exact) mass is 475 g/mol. The van der Waals surface area contributed by atoms with E-state index in [4.69, 9.17) is 16.0 Å². The van der Waals surface area contributed by atoms with Gasteiger partial charge in [-0.25, -0.2) is 4.98 Å². The van der Waals surface area contributed by atoms with Gasteiger partial charge in [-0.3, -0.25) is 14.9 Å². The van der Waals surface area contributed by atoms with Crippen molar-refractivity contribution in [3.63, 3.8) is 0 Å². The average molecular weight is 476 g/mol. The highest BCUT2D eigenvalue weighted by Crippen LogP contribution is 2.36. The molecule has 0 saturated carbocycles. The highest BCUT2D eigenvalue weighted by Gasteiger charge is 2.20. The Morgan fingerprint density at radius 2 is 1.79 bits per heavy atom. The summed E-state index contributed by atoms with van der Waals surface area (Å²) < 4.78 is 6.66. The topological polar surface area (TPSA) is 98.3 Å². The second-order valence-corrected chi connectivity index (χ2v) is 8.51. The standard InChI is InChI=1S/C24H14ClN3O4S/c25-17-10-9-14(13-16(17)24-27-18-6-2-4-8-22(18)33-24)26-23(29)21-12-11-20(32-21)15-5-1-3-7-19(15)28(30)31/h1-13H,(H,26,29). The summed E-state index contributed by atoms with van der Waals surface area (Å²) in [6.07, 6.45) is 0. The molecule has 0 unspecified atom stereocenters. The Morgan fingerprint density at radius 1 is 1.00 bits per heavy atom. The van der Waals surface area contributed by atoms with Gasteiger partial charge in [0.1, 0.15) is 10.8 Å². The van der Waals surface area contributed by atoms with Gasteiger partial charge in [-0.05, 0) is 48.5 Å². The summed E-state index contributed by atoms with van der Waals surface area (Å²) in [6, 6.07) is 22.1. The maximum absolute atomic E-state index is 12.8. The first-order valence-corrected chi connectivity index (χ1v) is 11.0. The van der Waals surface area contributed by atoms with Crippen LogP contribution in [0.1, 0.15) is 10.6 Å². The van der Waals surface area contributed by atoms with E-state index in [0.717, 1.165) is 15.2 Å². The number of fused-ring (bicyclic) bond motifs is 1. The van der Waals surface area contributed by atoms with Crippen LogP contribution in [0.15, 0.2) is 83.3 Å². The number of para-hydroxylation sites is 2. The number of nitrogens with zero attached hydrogens (tertiary/aromatic N) is 2. The molecular formula is C24H14ClN3O4S. The summed E-state index contributed by atoms with van der Waals surface area (Å²) in [4.78, 5) is 28.2. The zero-order valence-corrected chi connectivity index (χ0v) is 18.4. The number of rotatable bonds is 5. The third-order valence-corrected chi connectivity index (χ3v) is 6.34. The van der Waals surface area contributed by atoms with Crippen LogP contribution in [0.3, 0.4) is 0 Å². The molecule has 2 aromatic heterocycles. The molecule has 3 aromatic carbocycles. The van der Waals surface area contributed by atoms with Crippen LogP contribution in [0.25, 0.3) is 32.1 Å². The summed E-state index contributed by atoms with van der Waals surface area (Å²) in [5.41, 5.74) is 2.29. The first-order chi connectivity index (χ1) is 16.0. The second kappa shape index (κ2) is 8.50. The first-order valence-electron chi connectivity index (χ1n) is 9.80. The number of hydrogen-bond donors (Lipinski definition) is 1. The molecule has 5 aromatic rings. The summed E-state index contributed by atoms with van der Waals surface area (Å²) in [6.45, 7) is 0. The molecule has 9 heteroatoms. The van der Waals surface area contributed by atoms with Crippen LogP contribution in [0.2, 0.25) is 5.02 Å². The second-order valence-electron chi connectivity index (χ2n) is 7.07. The minimum Gasteiger partial charge on any atom is -0.451 e. The van der Waals surface area contributed by atoms with E-state index in [2.05, 4.69) is 10.3 Å². The van der Waals surface area contributed by atoms with E-state index in [-0.39, 0.29) is 17.2 Å². The van der Waals surface area contributed by atoms with Crippen molar-refractivity contribution < 1.29 is 14.1 Å². The zero-order valence-electron chi connectivity index (χ0n) is 16.8. The Balaban J connectivity index is 1.41. The van der Waals surface area contributed by atoms with Crippen molar-refractivity contribution in [2.75, 3.05) is 5.32 Å². The first kappa shape index (κ1) is 20.9. The molecule has 1 amide bonds. The summed E-state index contributed by atoms with van der Waals surface area (Å²) in [5, 5.41) is 15.3. The molecule has 5 rings (SSSR count). The number of thiazole rings is 1. The molecule has 0 aliphatic rings. The van der Waals surface area contributed by atoms with Crippen molar-refractivity contribution in [1.29, 1.82) is 0 Å². The SMILES string of the molecule is O=C(Nc1ccc(Cl)c(-c2nc3ccccc3s2)c1)c1ccc(-c2ccccc2[N+](=O)[O-])o1. The molecule has 0 fully saturated rings. The van der Waals surface area contributed by atoms with E-state index in [1.54, 1.807) is 36.4 Å². The van der Waals surface area contributed by atoms with Gasteiger partial charge in [0.15, 0.2) is 5.76 Å². The maximum atomic E-state index is 12.8. The van der Waals surface area contributed by atoms with E-state index in [9.17, 15) is 14.9 Å². The van der Waals surface area contributed by atoms with Crippen LogP contribution in [-0.2, 0) is 0 Å². The number of carbonyl (C=O) groups excluding carboxylic acids is 1. The van der Waals surface area contributed by atoms with Gasteiger partial charge >= 0.3 is 0 Å². The van der Waals surface area contributed by atoms with Crippen LogP contribution in [0.5, 0.6) is 0 Å². The fourth-order valence-electron chi connectivity index (χ4n) is 3.39. The van der Waals surface area contributed by atoms with Crippen molar-refractivity contribution >= 4 is 50.4 Å². The van der Waals surface area contributed by atoms with Crippen molar-refractivity contribution in [3.8, 4) is 21.9 Å². The molecule has 0 atom stereocenters. The Kier molecular flexibility index (Phi) is 5.37. The number of nitrogens with one attached hydrogen (secondary N) is 1. The van der Waals surface area contributed by atoms with Gasteiger partial charge in [-0.1, -0.05) is 35.9 Å². The quantitative estimate of drug-likeness (QED) is 0.217. The molecule has 2 heterocycles. The third-order valence-electron chi connectivity index (χ3n) is 4.94. The molecule has 7 nitrogen and oxygen atoms in total. The van der Waals surface area contributed by atoms with Crippen LogP contribution in [0.4, 0.5) is 11.4 Å². The van der Waals surface area contributed by atoms with Gasteiger partial charge in [-0.2, -0.15) is 0 Å². The van der Waals surface area contributed by atoms with Crippen LogP contribution >= 0.6 is 22.9 Å². The fourth-order valence-corrected chi connectivity index (χ4v) is 4.65. The molecule has 162 valence electrons. The Labute approximate surface area is 196 Å². The predicted molar refractivity (Wildman–Crippen MR) is 129 cm³/mol. The van der Waals surface area contributed by atoms with Gasteiger partial charge in [0.05, 0.1) is 25.7 Å². The normalized spacial score (nSPS) is 10.9. The van der Waals surface area contributed by atoms with Crippen LogP contribution < -0.4 is 5.32 Å². The van der Waals surface area contributed by atoms with E-state index in [0.29, 0.717) is 21.8 Å². The van der Waals surface area contributed by atoms with Crippen molar-refractivity contribution in [2.24, 2.45) is 0 Å². The number of amides is 1. The number of anilines is 1. The summed E-state index contributed by atoms with van der Waals surface area (Å²) in [5.74, 6) is -0.226. The largest absolute Gasteiger partial charge is 0.451 e. The molecule has 33 heavy (non-hydrogen) atoms. The Morgan fingerprint density at radius 3 is 2.61 bits per heavy atom. The molecule has 0 bridgehead atoms. The number of halogens is 1. The Bertz CT molecular complexity index is 1490. The number of nitro benzene ring substituents is 1. The third kappa shape index (κ3) is 4.09. The van der Waals surface area contributed by atoms with Crippen molar-refractivity contribution in [3.05, 3.63) is 99.8 Å². The lowest BCUT2D eigenvalue weighted by atomic mass is 10.1. The predicted octanol–water partition coefficient (Wildman–Crippen LogP) is 7.04. The molecule has 0 radical (unpaired) electrons. The smallest absolute Gasteiger partial charge is 0.291 e. The number of furan rings is 1. The lowest BCUT2D eigenvalue weighted by Crippen LogP contribution is -2.10. The molecule has 0 aliphatic heterocycles. The number of nitro groups is 1. The fraction of sp³-hybridized carbons (Fsp3) is 0. The van der Waals surface area contributed by atoms with Crippen molar-refractivity contribution in [1.82, 2.24) is 4.98 Å². The highest BCUT2D eigenvalue weighted by molar-refractivity contribution is 7.21. The molecule has 1 N–H and O–H groups in total. The molecule has 0 aliphatic carbocycles. The van der Waals surface area contributed by atoms with E-state index in [1.807, 2.05) is 24.3 Å². The molecule has 0 saturated heterocycles. The van der Waals surface area contributed by atoms with Gasteiger partial charge in [0.25, 0.3) is 11.6 Å². The highest BCUT2D eigenvalue weighted by atomic mass is 35.5. The van der Waals surface area contributed by atoms with Crippen LogP contribution in [-0.4, -0.2) is 15.8 Å². The van der Waals surface area contributed by atoms with E-state index in [1.165, 1.54) is 29.5 Å². The van der Waals surface area contributed by atoms with Crippen molar-refractivity contribution in [2.45, 2.75) is 0 Å². The molecule has 0 spiro atoms. The lowest BCUT2D eigenvalue weighted by Gasteiger charge is -2.07. The number of benzene rings is 3. The van der Waals surface area contributed by atoms with Gasteiger partial charge in [-0.15, -0.1) is 11.3 Å². The number of hydrogen-bond acceptors (Lipinski definition) is 6. The molecular weight excluding hydrogens is 462 g/mol. The van der Waals surface area contributed by atoms with E-state index < -0.39 is 10.8 Å². The summed E-state index contributed by atoms with van der Waals surface area (Å²) >= 11 is 7.92. The van der Waals surface area contributed by atoms with E-state index >= 15 is 0 Å². The maximum Gasteiger partial charge on any atom is 0.291 e.